The molecule has 4 rings (SSSR count). The zero-order valence-corrected chi connectivity index (χ0v) is 16.7. The fourth-order valence-electron chi connectivity index (χ4n) is 3.36. The van der Waals surface area contributed by atoms with Crippen molar-refractivity contribution in [2.75, 3.05) is 16.8 Å². The molecule has 3 aromatic carbocycles. The van der Waals surface area contributed by atoms with E-state index < -0.39 is 17.5 Å². The normalized spacial score (nSPS) is 13.3. The van der Waals surface area contributed by atoms with Crippen molar-refractivity contribution in [3.63, 3.8) is 0 Å². The molecule has 0 unspecified atom stereocenters. The van der Waals surface area contributed by atoms with Crippen LogP contribution in [0.15, 0.2) is 71.7 Å². The quantitative estimate of drug-likeness (QED) is 0.662. The van der Waals surface area contributed by atoms with Crippen molar-refractivity contribution in [2.24, 2.45) is 4.99 Å². The first-order valence-electron chi connectivity index (χ1n) is 9.69. The molecule has 7 heteroatoms. The van der Waals surface area contributed by atoms with E-state index in [2.05, 4.69) is 10.3 Å². The van der Waals surface area contributed by atoms with Crippen molar-refractivity contribution in [1.82, 2.24) is 0 Å². The van der Waals surface area contributed by atoms with E-state index in [9.17, 15) is 18.4 Å². The highest BCUT2D eigenvalue weighted by Gasteiger charge is 2.26. The number of fused-ring (bicyclic) bond motifs is 1. The van der Waals surface area contributed by atoms with Crippen LogP contribution < -0.4 is 10.2 Å². The predicted molar refractivity (Wildman–Crippen MR) is 116 cm³/mol. The molecule has 1 aliphatic heterocycles. The van der Waals surface area contributed by atoms with Crippen LogP contribution in [0.5, 0.6) is 0 Å². The molecule has 3 aromatic rings. The Bertz CT molecular complexity index is 1190. The summed E-state index contributed by atoms with van der Waals surface area (Å²) in [4.78, 5) is 31.6. The zero-order chi connectivity index (χ0) is 22.0. The van der Waals surface area contributed by atoms with Crippen LogP contribution in [0, 0.1) is 18.6 Å². The number of aliphatic imine (C=N–C) groups is 1. The first-order chi connectivity index (χ1) is 14.9. The van der Waals surface area contributed by atoms with Gasteiger partial charge in [0.2, 0.25) is 11.8 Å². The molecule has 0 bridgehead atoms. The molecule has 0 spiro atoms. The fraction of sp³-hybridized carbons (Fsp3) is 0.125. The van der Waals surface area contributed by atoms with Crippen LogP contribution in [0.4, 0.5) is 25.8 Å². The van der Waals surface area contributed by atoms with Crippen molar-refractivity contribution in [1.29, 1.82) is 0 Å². The summed E-state index contributed by atoms with van der Waals surface area (Å²) in [6.45, 7) is 1.61. The number of hydrogen-bond acceptors (Lipinski definition) is 3. The fourth-order valence-corrected chi connectivity index (χ4v) is 3.36. The monoisotopic (exact) mass is 419 g/mol. The molecule has 2 amide bonds. The van der Waals surface area contributed by atoms with Crippen molar-refractivity contribution in [2.45, 2.75) is 13.3 Å². The van der Waals surface area contributed by atoms with Gasteiger partial charge in [-0.1, -0.05) is 42.0 Å². The Morgan fingerprint density at radius 1 is 1.06 bits per heavy atom. The number of nitrogens with one attached hydrogen (secondary N) is 1. The molecule has 1 heterocycles. The van der Waals surface area contributed by atoms with E-state index >= 15 is 0 Å². The molecular formula is C24H19F2N3O2. The van der Waals surface area contributed by atoms with Crippen molar-refractivity contribution in [3.05, 3.63) is 89.5 Å². The summed E-state index contributed by atoms with van der Waals surface area (Å²) in [6, 6.07) is 17.5. The summed E-state index contributed by atoms with van der Waals surface area (Å²) in [6.07, 6.45) is -0.000648. The number of hydrogen-bond donors (Lipinski definition) is 1. The van der Waals surface area contributed by atoms with E-state index in [-0.39, 0.29) is 24.6 Å². The number of para-hydroxylation sites is 2. The third kappa shape index (κ3) is 4.50. The maximum absolute atomic E-state index is 13.9. The van der Waals surface area contributed by atoms with Gasteiger partial charge in [0, 0.05) is 6.07 Å². The van der Waals surface area contributed by atoms with Crippen LogP contribution >= 0.6 is 0 Å². The van der Waals surface area contributed by atoms with Crippen LogP contribution in [0.2, 0.25) is 0 Å². The van der Waals surface area contributed by atoms with Crippen molar-refractivity contribution >= 4 is 34.6 Å². The lowest BCUT2D eigenvalue weighted by molar-refractivity contribution is -0.120. The van der Waals surface area contributed by atoms with Gasteiger partial charge < -0.3 is 10.2 Å². The lowest BCUT2D eigenvalue weighted by atomic mass is 10.1. The number of benzene rings is 3. The minimum Gasteiger partial charge on any atom is -0.322 e. The van der Waals surface area contributed by atoms with E-state index in [0.717, 1.165) is 29.3 Å². The van der Waals surface area contributed by atoms with Gasteiger partial charge in [-0.25, -0.2) is 8.78 Å². The van der Waals surface area contributed by atoms with Crippen LogP contribution in [0.1, 0.15) is 17.5 Å². The molecule has 0 aromatic heterocycles. The SMILES string of the molecule is Cc1ccc(C2=Nc3ccccc3N(CC(=O)Nc3cc(F)ccc3F)C(=O)C2)cc1. The Morgan fingerprint density at radius 2 is 1.81 bits per heavy atom. The van der Waals surface area contributed by atoms with E-state index in [1.54, 1.807) is 24.3 Å². The molecule has 1 aliphatic rings. The molecule has 156 valence electrons. The summed E-state index contributed by atoms with van der Waals surface area (Å²) in [5.74, 6) is -2.41. The number of nitrogens with zero attached hydrogens (tertiary/aromatic N) is 2. The Morgan fingerprint density at radius 3 is 2.58 bits per heavy atom. The molecule has 31 heavy (non-hydrogen) atoms. The summed E-state index contributed by atoms with van der Waals surface area (Å²) in [5, 5.41) is 2.33. The van der Waals surface area contributed by atoms with Gasteiger partial charge in [0.1, 0.15) is 18.2 Å². The standard InChI is InChI=1S/C24H19F2N3O2/c1-15-6-8-16(9-7-15)20-13-24(31)29(22-5-3-2-4-19(22)27-20)14-23(30)28-21-12-17(25)10-11-18(21)26/h2-12H,13-14H2,1H3,(H,28,30). The number of halogens is 2. The molecular weight excluding hydrogens is 400 g/mol. The molecule has 0 saturated carbocycles. The molecule has 0 radical (unpaired) electrons. The summed E-state index contributed by atoms with van der Waals surface area (Å²) >= 11 is 0. The second-order valence-corrected chi connectivity index (χ2v) is 7.24. The molecule has 0 fully saturated rings. The van der Waals surface area contributed by atoms with E-state index in [1.807, 2.05) is 31.2 Å². The smallest absolute Gasteiger partial charge is 0.244 e. The highest BCUT2D eigenvalue weighted by Crippen LogP contribution is 2.33. The van der Waals surface area contributed by atoms with Crippen LogP contribution in [-0.2, 0) is 9.59 Å². The summed E-state index contributed by atoms with van der Waals surface area (Å²) in [7, 11) is 0. The van der Waals surface area contributed by atoms with Gasteiger partial charge in [-0.2, -0.15) is 0 Å². The Hall–Kier alpha value is -3.87. The number of anilines is 2. The first-order valence-corrected chi connectivity index (χ1v) is 9.69. The van der Waals surface area contributed by atoms with Gasteiger partial charge in [-0.05, 0) is 36.8 Å². The molecule has 1 N–H and O–H groups in total. The van der Waals surface area contributed by atoms with Crippen LogP contribution in [-0.4, -0.2) is 24.1 Å². The maximum atomic E-state index is 13.9. The second kappa shape index (κ2) is 8.47. The lowest BCUT2D eigenvalue weighted by Gasteiger charge is -2.22. The van der Waals surface area contributed by atoms with Gasteiger partial charge in [0.05, 0.1) is 29.2 Å². The summed E-state index contributed by atoms with van der Waals surface area (Å²) in [5.41, 5.74) is 3.25. The number of carbonyl (C=O) groups excluding carboxylic acids is 2. The highest BCUT2D eigenvalue weighted by atomic mass is 19.1. The second-order valence-electron chi connectivity index (χ2n) is 7.24. The topological polar surface area (TPSA) is 61.8 Å². The van der Waals surface area contributed by atoms with Gasteiger partial charge in [-0.3, -0.25) is 14.6 Å². The third-order valence-electron chi connectivity index (χ3n) is 4.94. The van der Waals surface area contributed by atoms with Crippen LogP contribution in [0.25, 0.3) is 0 Å². The van der Waals surface area contributed by atoms with Crippen LogP contribution in [0.3, 0.4) is 0 Å². The average Bonchev–Trinajstić information content (AvgIpc) is 2.88. The van der Waals surface area contributed by atoms with Gasteiger partial charge in [-0.15, -0.1) is 0 Å². The largest absolute Gasteiger partial charge is 0.322 e. The van der Waals surface area contributed by atoms with E-state index in [4.69, 9.17) is 0 Å². The summed E-state index contributed by atoms with van der Waals surface area (Å²) < 4.78 is 27.3. The number of rotatable bonds is 4. The van der Waals surface area contributed by atoms with E-state index in [1.165, 1.54) is 4.90 Å². The van der Waals surface area contributed by atoms with Crippen molar-refractivity contribution < 1.29 is 18.4 Å². The first kappa shape index (κ1) is 20.4. The molecule has 5 nitrogen and oxygen atoms in total. The molecule has 0 saturated heterocycles. The average molecular weight is 419 g/mol. The Kier molecular flexibility index (Phi) is 5.58. The predicted octanol–water partition coefficient (Wildman–Crippen LogP) is 4.77. The third-order valence-corrected chi connectivity index (χ3v) is 4.94. The Labute approximate surface area is 178 Å². The van der Waals surface area contributed by atoms with Gasteiger partial charge in [0.15, 0.2) is 0 Å². The highest BCUT2D eigenvalue weighted by molar-refractivity contribution is 6.19. The molecule has 0 aliphatic carbocycles. The number of aryl methyl sites for hydroxylation is 1. The van der Waals surface area contributed by atoms with Gasteiger partial charge in [0.25, 0.3) is 0 Å². The van der Waals surface area contributed by atoms with Crippen molar-refractivity contribution in [3.8, 4) is 0 Å². The minimum absolute atomic E-state index is 0.000648. The zero-order valence-electron chi connectivity index (χ0n) is 16.7. The van der Waals surface area contributed by atoms with E-state index in [0.29, 0.717) is 17.1 Å². The Balaban J connectivity index is 1.61. The van der Waals surface area contributed by atoms with Gasteiger partial charge >= 0.3 is 0 Å². The minimum atomic E-state index is -0.762. The lowest BCUT2D eigenvalue weighted by Crippen LogP contribution is -2.38. The molecule has 0 atom stereocenters. The number of carbonyl (C=O) groups is 2. The number of amides is 2. The maximum Gasteiger partial charge on any atom is 0.244 e.